The molecular weight excluding hydrogens is 372 g/mol. The highest BCUT2D eigenvalue weighted by atomic mass is 16.4. The largest absolute Gasteiger partial charge is 0.481 e. The van der Waals surface area contributed by atoms with Crippen molar-refractivity contribution in [1.29, 1.82) is 0 Å². The Balaban J connectivity index is 1.49. The number of fused-ring (bicyclic) bond motifs is 7. The average Bonchev–Trinajstić information content (AvgIpc) is 2.82. The molecular formula is C27H42O3. The van der Waals surface area contributed by atoms with Gasteiger partial charge in [-0.05, 0) is 103 Å². The number of carboxylic acid groups (broad SMARTS) is 1. The lowest BCUT2D eigenvalue weighted by molar-refractivity contribution is -0.171. The Morgan fingerprint density at radius 2 is 1.43 bits per heavy atom. The number of rotatable bonds is 1. The highest BCUT2D eigenvalue weighted by molar-refractivity contribution is 5.79. The van der Waals surface area contributed by atoms with Gasteiger partial charge in [0.1, 0.15) is 5.78 Å². The summed E-state index contributed by atoms with van der Waals surface area (Å²) in [6, 6.07) is 0. The van der Waals surface area contributed by atoms with Gasteiger partial charge in [-0.3, -0.25) is 9.59 Å². The molecule has 5 rings (SSSR count). The monoisotopic (exact) mass is 414 g/mol. The van der Waals surface area contributed by atoms with Crippen LogP contribution in [0.3, 0.4) is 0 Å². The zero-order valence-corrected chi connectivity index (χ0v) is 19.7. The minimum atomic E-state index is -0.546. The standard InChI is InChI=1S/C27H42O3/c1-15-25(2,3)26(4,5)23-22-11-10-19-18-9-7-17(28)14-16(18)6-8-20(19)21(22)12-13-27(15,23)24(29)30/h15-16,18-23H,6-14H2,1-5H3,(H,29,30). The van der Waals surface area contributed by atoms with Crippen LogP contribution in [0, 0.1) is 63.6 Å². The Morgan fingerprint density at radius 1 is 0.833 bits per heavy atom. The number of carboxylic acids is 1. The summed E-state index contributed by atoms with van der Waals surface area (Å²) in [6.07, 6.45) is 9.77. The van der Waals surface area contributed by atoms with E-state index in [-0.39, 0.29) is 22.7 Å². The van der Waals surface area contributed by atoms with Crippen LogP contribution >= 0.6 is 0 Å². The second-order valence-corrected chi connectivity index (χ2v) is 13.0. The fourth-order valence-corrected chi connectivity index (χ4v) is 10.3. The lowest BCUT2D eigenvalue weighted by Gasteiger charge is -2.59. The van der Waals surface area contributed by atoms with Crippen LogP contribution in [-0.2, 0) is 9.59 Å². The molecule has 0 aromatic rings. The lowest BCUT2D eigenvalue weighted by atomic mass is 9.45. The Morgan fingerprint density at radius 3 is 2.13 bits per heavy atom. The number of hydrogen-bond donors (Lipinski definition) is 1. The van der Waals surface area contributed by atoms with Gasteiger partial charge in [-0.2, -0.15) is 0 Å². The second-order valence-electron chi connectivity index (χ2n) is 13.0. The molecule has 5 aliphatic carbocycles. The summed E-state index contributed by atoms with van der Waals surface area (Å²) < 4.78 is 0. The van der Waals surface area contributed by atoms with E-state index in [4.69, 9.17) is 0 Å². The lowest BCUT2D eigenvalue weighted by Crippen LogP contribution is -2.56. The first kappa shape index (κ1) is 21.0. The number of carbonyl (C=O) groups excluding carboxylic acids is 1. The van der Waals surface area contributed by atoms with E-state index in [2.05, 4.69) is 34.6 Å². The molecule has 0 aliphatic heterocycles. The Hall–Kier alpha value is -0.860. The first-order valence-corrected chi connectivity index (χ1v) is 12.8. The molecule has 0 heterocycles. The van der Waals surface area contributed by atoms with E-state index in [1.807, 2.05) is 0 Å². The average molecular weight is 415 g/mol. The topological polar surface area (TPSA) is 54.4 Å². The van der Waals surface area contributed by atoms with E-state index in [9.17, 15) is 14.7 Å². The van der Waals surface area contributed by atoms with Crippen molar-refractivity contribution in [2.24, 2.45) is 63.6 Å². The summed E-state index contributed by atoms with van der Waals surface area (Å²) in [6.45, 7) is 11.7. The Labute approximate surface area is 182 Å². The van der Waals surface area contributed by atoms with Crippen molar-refractivity contribution in [2.75, 3.05) is 0 Å². The van der Waals surface area contributed by atoms with Crippen LogP contribution in [0.2, 0.25) is 0 Å². The molecule has 9 atom stereocenters. The van der Waals surface area contributed by atoms with Crippen molar-refractivity contribution in [3.8, 4) is 0 Å². The third-order valence-electron chi connectivity index (χ3n) is 12.3. The normalized spacial score (nSPS) is 51.3. The number of carbonyl (C=O) groups is 2. The van der Waals surface area contributed by atoms with Gasteiger partial charge in [-0.25, -0.2) is 0 Å². The molecule has 5 aliphatic rings. The fourth-order valence-electron chi connectivity index (χ4n) is 10.3. The molecule has 0 bridgehead atoms. The number of aliphatic carboxylic acids is 1. The summed E-state index contributed by atoms with van der Waals surface area (Å²) in [5.74, 6) is 4.74. The van der Waals surface area contributed by atoms with E-state index in [0.29, 0.717) is 23.5 Å². The molecule has 0 radical (unpaired) electrons. The molecule has 0 aromatic carbocycles. The summed E-state index contributed by atoms with van der Waals surface area (Å²) in [5.41, 5.74) is -0.478. The van der Waals surface area contributed by atoms with E-state index >= 15 is 0 Å². The van der Waals surface area contributed by atoms with Crippen LogP contribution in [0.15, 0.2) is 0 Å². The summed E-state index contributed by atoms with van der Waals surface area (Å²) >= 11 is 0. The van der Waals surface area contributed by atoms with Gasteiger partial charge in [-0.15, -0.1) is 0 Å². The predicted molar refractivity (Wildman–Crippen MR) is 118 cm³/mol. The number of ketones is 1. The van der Waals surface area contributed by atoms with Gasteiger partial charge in [0.05, 0.1) is 5.41 Å². The van der Waals surface area contributed by atoms with Crippen molar-refractivity contribution in [2.45, 2.75) is 92.4 Å². The van der Waals surface area contributed by atoms with Gasteiger partial charge in [0, 0.05) is 12.8 Å². The summed E-state index contributed by atoms with van der Waals surface area (Å²) in [7, 11) is 0. The molecule has 3 heteroatoms. The van der Waals surface area contributed by atoms with Gasteiger partial charge in [0.2, 0.25) is 0 Å². The molecule has 5 saturated carbocycles. The Bertz CT molecular complexity index is 751. The van der Waals surface area contributed by atoms with Crippen LogP contribution in [-0.4, -0.2) is 16.9 Å². The van der Waals surface area contributed by atoms with Gasteiger partial charge in [-0.1, -0.05) is 34.6 Å². The smallest absolute Gasteiger partial charge is 0.310 e. The molecule has 168 valence electrons. The Kier molecular flexibility index (Phi) is 4.61. The third kappa shape index (κ3) is 2.44. The van der Waals surface area contributed by atoms with Gasteiger partial charge < -0.3 is 5.11 Å². The van der Waals surface area contributed by atoms with Crippen LogP contribution in [0.4, 0.5) is 0 Å². The molecule has 5 fully saturated rings. The van der Waals surface area contributed by atoms with Gasteiger partial charge in [0.25, 0.3) is 0 Å². The summed E-state index contributed by atoms with van der Waals surface area (Å²) in [5, 5.41) is 10.6. The second kappa shape index (κ2) is 6.58. The number of Topliss-reactive ketones (excluding diaryl/α,β-unsaturated/α-hetero) is 1. The first-order valence-electron chi connectivity index (χ1n) is 12.8. The molecule has 30 heavy (non-hydrogen) atoms. The molecule has 0 saturated heterocycles. The van der Waals surface area contributed by atoms with Crippen molar-refractivity contribution < 1.29 is 14.7 Å². The molecule has 9 unspecified atom stereocenters. The van der Waals surface area contributed by atoms with Crippen molar-refractivity contribution in [1.82, 2.24) is 0 Å². The molecule has 1 N–H and O–H groups in total. The zero-order valence-electron chi connectivity index (χ0n) is 19.7. The molecule has 0 spiro atoms. The molecule has 0 amide bonds. The minimum Gasteiger partial charge on any atom is -0.481 e. The maximum absolute atomic E-state index is 12.9. The first-order chi connectivity index (χ1) is 14.0. The van der Waals surface area contributed by atoms with Crippen molar-refractivity contribution in [3.05, 3.63) is 0 Å². The highest BCUT2D eigenvalue weighted by Gasteiger charge is 2.73. The van der Waals surface area contributed by atoms with Gasteiger partial charge >= 0.3 is 5.97 Å². The molecule has 0 aromatic heterocycles. The zero-order chi connectivity index (χ0) is 21.6. The molecule has 3 nitrogen and oxygen atoms in total. The van der Waals surface area contributed by atoms with E-state index in [1.54, 1.807) is 0 Å². The van der Waals surface area contributed by atoms with Crippen molar-refractivity contribution >= 4 is 11.8 Å². The quantitative estimate of drug-likeness (QED) is 0.555. The van der Waals surface area contributed by atoms with Crippen LogP contribution in [0.1, 0.15) is 92.4 Å². The van der Waals surface area contributed by atoms with E-state index < -0.39 is 11.4 Å². The fraction of sp³-hybridized carbons (Fsp3) is 0.926. The number of hydrogen-bond acceptors (Lipinski definition) is 2. The van der Waals surface area contributed by atoms with Gasteiger partial charge in [0.15, 0.2) is 0 Å². The SMILES string of the molecule is CC1C2(C(=O)O)CCC3C4CCC5CC(=O)CCC5C4CCC3C2C(C)(C)C1(C)C. The van der Waals surface area contributed by atoms with E-state index in [0.717, 1.165) is 49.9 Å². The maximum Gasteiger partial charge on any atom is 0.310 e. The maximum atomic E-state index is 12.9. The minimum absolute atomic E-state index is 0.0309. The van der Waals surface area contributed by atoms with Crippen molar-refractivity contribution in [3.63, 3.8) is 0 Å². The van der Waals surface area contributed by atoms with Crippen LogP contribution in [0.25, 0.3) is 0 Å². The third-order valence-corrected chi connectivity index (χ3v) is 12.3. The summed E-state index contributed by atoms with van der Waals surface area (Å²) in [4.78, 5) is 24.9. The predicted octanol–water partition coefficient (Wildman–Crippen LogP) is 6.21. The highest BCUT2D eigenvalue weighted by Crippen LogP contribution is 2.75. The van der Waals surface area contributed by atoms with Crippen LogP contribution in [0.5, 0.6) is 0 Å². The van der Waals surface area contributed by atoms with E-state index in [1.165, 1.54) is 25.7 Å². The van der Waals surface area contributed by atoms with Crippen LogP contribution < -0.4 is 0 Å².